The fourth-order valence-electron chi connectivity index (χ4n) is 4.60. The summed E-state index contributed by atoms with van der Waals surface area (Å²) in [5, 5.41) is 10.3. The Bertz CT molecular complexity index is 1540. The molecule has 3 heterocycles. The van der Waals surface area contributed by atoms with Crippen molar-refractivity contribution in [2.45, 2.75) is 32.7 Å². The van der Waals surface area contributed by atoms with Gasteiger partial charge in [-0.2, -0.15) is 5.10 Å². The van der Waals surface area contributed by atoms with E-state index in [1.54, 1.807) is 13.2 Å². The summed E-state index contributed by atoms with van der Waals surface area (Å²) in [6.07, 6.45) is 5.61. The first kappa shape index (κ1) is 21.0. The second-order valence-electron chi connectivity index (χ2n) is 8.57. The van der Waals surface area contributed by atoms with Crippen molar-refractivity contribution < 1.29 is 4.79 Å². The molecule has 0 spiro atoms. The zero-order valence-corrected chi connectivity index (χ0v) is 18.9. The Hall–Kier alpha value is -3.87. The highest BCUT2D eigenvalue weighted by Crippen LogP contribution is 2.26. The zero-order valence-electron chi connectivity index (χ0n) is 18.9. The maximum Gasteiger partial charge on any atom is 0.291 e. The number of aryl methyl sites for hydroxylation is 3. The highest BCUT2D eigenvalue weighted by Gasteiger charge is 2.15. The number of para-hydroxylation sites is 1. The van der Waals surface area contributed by atoms with E-state index in [2.05, 4.69) is 40.5 Å². The third kappa shape index (κ3) is 3.91. The van der Waals surface area contributed by atoms with Gasteiger partial charge in [-0.3, -0.25) is 9.59 Å². The molecule has 0 unspecified atom stereocenters. The highest BCUT2D eigenvalue weighted by molar-refractivity contribution is 6.07. The summed E-state index contributed by atoms with van der Waals surface area (Å²) in [7, 11) is 1.66. The first-order valence-corrected chi connectivity index (χ1v) is 11.3. The van der Waals surface area contributed by atoms with Crippen LogP contribution in [0.1, 0.15) is 24.0 Å². The van der Waals surface area contributed by atoms with Crippen LogP contribution in [-0.2, 0) is 24.8 Å². The summed E-state index contributed by atoms with van der Waals surface area (Å²) in [4.78, 5) is 28.5. The zero-order chi connectivity index (χ0) is 22.9. The molecule has 0 saturated heterocycles. The maximum absolute atomic E-state index is 12.8. The first-order chi connectivity index (χ1) is 16.0. The Morgan fingerprint density at radius 1 is 1.12 bits per heavy atom. The number of fused-ring (bicyclic) bond motifs is 4. The lowest BCUT2D eigenvalue weighted by Crippen LogP contribution is -2.26. The van der Waals surface area contributed by atoms with Crippen molar-refractivity contribution in [1.82, 2.24) is 24.6 Å². The van der Waals surface area contributed by atoms with E-state index in [-0.39, 0.29) is 11.5 Å². The highest BCUT2D eigenvalue weighted by atomic mass is 16.1. The Kier molecular flexibility index (Phi) is 5.46. The van der Waals surface area contributed by atoms with Gasteiger partial charge in [-0.1, -0.05) is 29.8 Å². The molecule has 0 aliphatic heterocycles. The summed E-state index contributed by atoms with van der Waals surface area (Å²) in [5.74, 6) is 0.0290. The Labute approximate surface area is 191 Å². The van der Waals surface area contributed by atoms with Crippen molar-refractivity contribution in [3.8, 4) is 0 Å². The molecule has 0 radical (unpaired) electrons. The minimum atomic E-state index is -0.123. The summed E-state index contributed by atoms with van der Waals surface area (Å²) >= 11 is 0. The minimum Gasteiger partial charge on any atom is -0.361 e. The van der Waals surface area contributed by atoms with Gasteiger partial charge in [0.1, 0.15) is 5.52 Å². The summed E-state index contributed by atoms with van der Waals surface area (Å²) < 4.78 is 3.38. The van der Waals surface area contributed by atoms with Gasteiger partial charge in [-0.05, 0) is 43.5 Å². The number of aromatic amines is 1. The Morgan fingerprint density at radius 2 is 1.97 bits per heavy atom. The molecule has 7 heteroatoms. The molecule has 3 aromatic heterocycles. The fraction of sp³-hybridized carbons (Fsp3) is 0.269. The van der Waals surface area contributed by atoms with Gasteiger partial charge in [-0.15, -0.1) is 0 Å². The van der Waals surface area contributed by atoms with Crippen LogP contribution in [0.5, 0.6) is 0 Å². The number of benzene rings is 2. The normalized spacial score (nSPS) is 11.6. The molecule has 5 rings (SSSR count). The van der Waals surface area contributed by atoms with Gasteiger partial charge in [0, 0.05) is 59.9 Å². The number of amides is 1. The van der Waals surface area contributed by atoms with Crippen LogP contribution < -0.4 is 10.9 Å². The fourth-order valence-corrected chi connectivity index (χ4v) is 4.60. The Balaban J connectivity index is 1.23. The topological polar surface area (TPSA) is 84.7 Å². The summed E-state index contributed by atoms with van der Waals surface area (Å²) in [6.45, 7) is 3.28. The van der Waals surface area contributed by atoms with Gasteiger partial charge >= 0.3 is 0 Å². The van der Waals surface area contributed by atoms with Gasteiger partial charge in [0.05, 0.1) is 6.20 Å². The van der Waals surface area contributed by atoms with E-state index in [9.17, 15) is 9.59 Å². The van der Waals surface area contributed by atoms with Gasteiger partial charge in [-0.25, -0.2) is 4.68 Å². The molecule has 33 heavy (non-hydrogen) atoms. The SMILES string of the molecule is Cc1ccc2[nH]cc(CCNC(=O)CCCn3c4ccccc4c4cnn(C)c(=O)c43)c2c1. The average Bonchev–Trinajstić information content (AvgIpc) is 3.35. The number of carbonyl (C=O) groups is 1. The van der Waals surface area contributed by atoms with Gasteiger partial charge in [0.25, 0.3) is 5.56 Å². The van der Waals surface area contributed by atoms with Crippen molar-refractivity contribution in [3.63, 3.8) is 0 Å². The van der Waals surface area contributed by atoms with Crippen molar-refractivity contribution in [1.29, 1.82) is 0 Å². The molecule has 1 amide bonds. The quantitative estimate of drug-likeness (QED) is 0.403. The molecule has 168 valence electrons. The molecule has 0 saturated carbocycles. The molecule has 5 aromatic rings. The van der Waals surface area contributed by atoms with Crippen molar-refractivity contribution in [3.05, 3.63) is 76.3 Å². The van der Waals surface area contributed by atoms with Crippen LogP contribution in [0.2, 0.25) is 0 Å². The maximum atomic E-state index is 12.8. The monoisotopic (exact) mass is 441 g/mol. The third-order valence-electron chi connectivity index (χ3n) is 6.29. The standard InChI is InChI=1S/C26H27N5O2/c1-17-9-10-22-20(14-17)18(15-28-22)11-12-27-24(32)8-5-13-31-23-7-4-3-6-19(23)21-16-29-30(2)26(33)25(21)31/h3-4,6-7,9-10,14-16,28H,5,8,11-13H2,1-2H3,(H,27,32). The van der Waals surface area contributed by atoms with E-state index in [4.69, 9.17) is 0 Å². The number of nitrogens with zero attached hydrogens (tertiary/aromatic N) is 3. The van der Waals surface area contributed by atoms with E-state index in [0.29, 0.717) is 31.4 Å². The van der Waals surface area contributed by atoms with Crippen molar-refractivity contribution in [2.75, 3.05) is 6.54 Å². The molecule has 0 atom stereocenters. The van der Waals surface area contributed by atoms with Crippen LogP contribution in [0.3, 0.4) is 0 Å². The van der Waals surface area contributed by atoms with Gasteiger partial charge < -0.3 is 14.9 Å². The second kappa shape index (κ2) is 8.58. The number of rotatable bonds is 7. The summed E-state index contributed by atoms with van der Waals surface area (Å²) in [5.41, 5.74) is 5.07. The predicted octanol–water partition coefficient (Wildman–Crippen LogP) is 3.82. The lowest BCUT2D eigenvalue weighted by molar-refractivity contribution is -0.121. The molecular weight excluding hydrogens is 414 g/mol. The van der Waals surface area contributed by atoms with E-state index < -0.39 is 0 Å². The molecular formula is C26H27N5O2. The van der Waals surface area contributed by atoms with Gasteiger partial charge in [0.2, 0.25) is 5.91 Å². The number of nitrogens with one attached hydrogen (secondary N) is 2. The minimum absolute atomic E-state index is 0.0290. The van der Waals surface area contributed by atoms with Crippen LogP contribution in [0, 0.1) is 6.92 Å². The molecule has 0 bridgehead atoms. The van der Waals surface area contributed by atoms with Crippen LogP contribution >= 0.6 is 0 Å². The van der Waals surface area contributed by atoms with Crippen molar-refractivity contribution >= 4 is 38.6 Å². The molecule has 0 aliphatic rings. The average molecular weight is 442 g/mol. The number of hydrogen-bond acceptors (Lipinski definition) is 3. The predicted molar refractivity (Wildman–Crippen MR) is 131 cm³/mol. The number of aromatic nitrogens is 4. The van der Waals surface area contributed by atoms with E-state index in [1.807, 2.05) is 35.0 Å². The number of carbonyl (C=O) groups excluding carboxylic acids is 1. The molecule has 2 N–H and O–H groups in total. The van der Waals surface area contributed by atoms with Crippen LogP contribution in [0.25, 0.3) is 32.7 Å². The second-order valence-corrected chi connectivity index (χ2v) is 8.57. The Morgan fingerprint density at radius 3 is 2.85 bits per heavy atom. The first-order valence-electron chi connectivity index (χ1n) is 11.3. The van der Waals surface area contributed by atoms with Gasteiger partial charge in [0.15, 0.2) is 0 Å². The smallest absolute Gasteiger partial charge is 0.291 e. The van der Waals surface area contributed by atoms with Crippen molar-refractivity contribution in [2.24, 2.45) is 7.05 Å². The van der Waals surface area contributed by atoms with Crippen LogP contribution in [0.4, 0.5) is 0 Å². The van der Waals surface area contributed by atoms with E-state index in [1.165, 1.54) is 21.2 Å². The molecule has 7 nitrogen and oxygen atoms in total. The number of hydrogen-bond donors (Lipinski definition) is 2. The third-order valence-corrected chi connectivity index (χ3v) is 6.29. The molecule has 0 fully saturated rings. The largest absolute Gasteiger partial charge is 0.361 e. The summed E-state index contributed by atoms with van der Waals surface area (Å²) in [6, 6.07) is 14.3. The molecule has 0 aliphatic carbocycles. The van der Waals surface area contributed by atoms with Crippen LogP contribution in [-0.4, -0.2) is 31.8 Å². The van der Waals surface area contributed by atoms with E-state index >= 15 is 0 Å². The van der Waals surface area contributed by atoms with Crippen LogP contribution in [0.15, 0.2) is 59.7 Å². The lowest BCUT2D eigenvalue weighted by Gasteiger charge is -2.08. The molecule has 2 aromatic carbocycles. The lowest BCUT2D eigenvalue weighted by atomic mass is 10.1. The number of H-pyrrole nitrogens is 1. The van der Waals surface area contributed by atoms with E-state index in [0.717, 1.165) is 28.2 Å².